The number of benzene rings is 2. The Kier molecular flexibility index (Phi) is 8.48. The van der Waals surface area contributed by atoms with Crippen molar-refractivity contribution in [3.05, 3.63) is 64.5 Å². The van der Waals surface area contributed by atoms with E-state index in [0.717, 1.165) is 47.9 Å². The summed E-state index contributed by atoms with van der Waals surface area (Å²) in [4.78, 5) is 28.1. The minimum absolute atomic E-state index is 0.137. The molecule has 178 valence electrons. The molecule has 0 aromatic heterocycles. The summed E-state index contributed by atoms with van der Waals surface area (Å²) >= 11 is 0. The number of hydrogen-bond donors (Lipinski definition) is 1. The van der Waals surface area contributed by atoms with Crippen LogP contribution in [0.1, 0.15) is 61.3 Å². The molecule has 3 rings (SSSR count). The molecule has 33 heavy (non-hydrogen) atoms. The van der Waals surface area contributed by atoms with Gasteiger partial charge in [-0.1, -0.05) is 38.0 Å². The number of hydrogen-bond acceptors (Lipinski definition) is 3. The highest BCUT2D eigenvalue weighted by molar-refractivity contribution is 5.88. The van der Waals surface area contributed by atoms with Crippen LogP contribution in [0.25, 0.3) is 0 Å². The largest absolute Gasteiger partial charge is 0.483 e. The highest BCUT2D eigenvalue weighted by Gasteiger charge is 2.31. The summed E-state index contributed by atoms with van der Waals surface area (Å²) in [5.74, 6) is -0.0731. The van der Waals surface area contributed by atoms with Gasteiger partial charge in [-0.15, -0.1) is 0 Å². The van der Waals surface area contributed by atoms with Gasteiger partial charge >= 0.3 is 0 Å². The quantitative estimate of drug-likeness (QED) is 0.580. The van der Waals surface area contributed by atoms with E-state index >= 15 is 0 Å². The number of carbonyl (C=O) groups is 2. The molecule has 0 heterocycles. The summed E-state index contributed by atoms with van der Waals surface area (Å²) in [7, 11) is 0. The third-order valence-electron chi connectivity index (χ3n) is 6.47. The minimum atomic E-state index is -0.618. The standard InChI is InChI=1S/C27H35FN2O3/c1-5-24(27(32)29-23-8-6-7-9-23)30(16-21-10-12-22(28)13-11-21)26(31)17-33-25-15-18(2)14-19(3)20(25)4/h10-15,23-24H,5-9,16-17H2,1-4H3,(H,29,32)/t24-/m1/s1. The molecule has 2 aromatic carbocycles. The first kappa shape index (κ1) is 24.7. The minimum Gasteiger partial charge on any atom is -0.483 e. The number of ether oxygens (including phenoxy) is 1. The summed E-state index contributed by atoms with van der Waals surface area (Å²) in [5, 5.41) is 3.12. The lowest BCUT2D eigenvalue weighted by molar-refractivity contribution is -0.143. The monoisotopic (exact) mass is 454 g/mol. The average molecular weight is 455 g/mol. The highest BCUT2D eigenvalue weighted by Crippen LogP contribution is 2.24. The van der Waals surface area contributed by atoms with Gasteiger partial charge in [0.2, 0.25) is 5.91 Å². The maximum Gasteiger partial charge on any atom is 0.261 e. The van der Waals surface area contributed by atoms with E-state index in [-0.39, 0.29) is 36.8 Å². The second-order valence-corrected chi connectivity index (χ2v) is 9.06. The molecule has 0 radical (unpaired) electrons. The van der Waals surface area contributed by atoms with Crippen LogP contribution in [0.15, 0.2) is 36.4 Å². The Bertz CT molecular complexity index is 968. The lowest BCUT2D eigenvalue weighted by Gasteiger charge is -2.31. The Morgan fingerprint density at radius 2 is 1.79 bits per heavy atom. The first-order valence-electron chi connectivity index (χ1n) is 11.8. The van der Waals surface area contributed by atoms with Gasteiger partial charge in [0.25, 0.3) is 5.91 Å². The molecule has 1 saturated carbocycles. The average Bonchev–Trinajstić information content (AvgIpc) is 3.29. The molecular formula is C27H35FN2O3. The summed E-state index contributed by atoms with van der Waals surface area (Å²) in [6, 6.07) is 9.57. The molecule has 0 spiro atoms. The molecule has 1 aliphatic carbocycles. The molecule has 2 amide bonds. The fourth-order valence-corrected chi connectivity index (χ4v) is 4.45. The van der Waals surface area contributed by atoms with Crippen molar-refractivity contribution in [3.63, 3.8) is 0 Å². The lowest BCUT2D eigenvalue weighted by Crippen LogP contribution is -2.52. The Balaban J connectivity index is 1.79. The number of carbonyl (C=O) groups excluding carboxylic acids is 2. The van der Waals surface area contributed by atoms with Crippen LogP contribution in [0.3, 0.4) is 0 Å². The SMILES string of the molecule is CC[C@H](C(=O)NC1CCCC1)N(Cc1ccc(F)cc1)C(=O)COc1cc(C)cc(C)c1C. The highest BCUT2D eigenvalue weighted by atomic mass is 19.1. The van der Waals surface area contributed by atoms with Gasteiger partial charge in [-0.25, -0.2) is 4.39 Å². The van der Waals surface area contributed by atoms with Gasteiger partial charge in [-0.2, -0.15) is 0 Å². The smallest absolute Gasteiger partial charge is 0.261 e. The zero-order valence-corrected chi connectivity index (χ0v) is 20.1. The van der Waals surface area contributed by atoms with Crippen LogP contribution in [0.4, 0.5) is 4.39 Å². The number of aryl methyl sites for hydroxylation is 2. The Morgan fingerprint density at radius 1 is 1.12 bits per heavy atom. The molecule has 2 aromatic rings. The van der Waals surface area contributed by atoms with Gasteiger partial charge in [0.15, 0.2) is 6.61 Å². The van der Waals surface area contributed by atoms with Gasteiger partial charge in [-0.05, 0) is 80.5 Å². The van der Waals surface area contributed by atoms with Crippen LogP contribution in [0, 0.1) is 26.6 Å². The third-order valence-corrected chi connectivity index (χ3v) is 6.47. The molecule has 5 nitrogen and oxygen atoms in total. The fraction of sp³-hybridized carbons (Fsp3) is 0.481. The van der Waals surface area contributed by atoms with E-state index in [2.05, 4.69) is 11.4 Å². The molecule has 1 N–H and O–H groups in total. The van der Waals surface area contributed by atoms with Gasteiger partial charge in [-0.3, -0.25) is 9.59 Å². The topological polar surface area (TPSA) is 58.6 Å². The van der Waals surface area contributed by atoms with Crippen molar-refractivity contribution in [1.82, 2.24) is 10.2 Å². The molecule has 1 atom stereocenters. The second kappa shape index (κ2) is 11.3. The van der Waals surface area contributed by atoms with Crippen LogP contribution in [-0.4, -0.2) is 35.4 Å². The summed E-state index contributed by atoms with van der Waals surface area (Å²) < 4.78 is 19.3. The predicted molar refractivity (Wildman–Crippen MR) is 128 cm³/mol. The number of amides is 2. The van der Waals surface area contributed by atoms with Gasteiger partial charge in [0.1, 0.15) is 17.6 Å². The van der Waals surface area contributed by atoms with Gasteiger partial charge in [0.05, 0.1) is 0 Å². The van der Waals surface area contributed by atoms with Crippen LogP contribution >= 0.6 is 0 Å². The van der Waals surface area contributed by atoms with Crippen molar-refractivity contribution in [1.29, 1.82) is 0 Å². The van der Waals surface area contributed by atoms with Crippen LogP contribution in [0.5, 0.6) is 5.75 Å². The van der Waals surface area contributed by atoms with Crippen molar-refractivity contribution in [2.24, 2.45) is 0 Å². The molecule has 0 saturated heterocycles. The van der Waals surface area contributed by atoms with E-state index in [1.807, 2.05) is 33.8 Å². The number of nitrogens with one attached hydrogen (secondary N) is 1. The number of nitrogens with zero attached hydrogens (tertiary/aromatic N) is 1. The first-order valence-corrected chi connectivity index (χ1v) is 11.8. The van der Waals surface area contributed by atoms with E-state index in [0.29, 0.717) is 12.2 Å². The second-order valence-electron chi connectivity index (χ2n) is 9.06. The zero-order chi connectivity index (χ0) is 24.0. The molecule has 1 aliphatic rings. The maximum atomic E-state index is 13.4. The number of halogens is 1. The van der Waals surface area contributed by atoms with Gasteiger partial charge < -0.3 is 15.0 Å². The zero-order valence-electron chi connectivity index (χ0n) is 20.1. The van der Waals surface area contributed by atoms with Crippen molar-refractivity contribution in [2.45, 2.75) is 78.4 Å². The van der Waals surface area contributed by atoms with Crippen molar-refractivity contribution in [2.75, 3.05) is 6.61 Å². The predicted octanol–water partition coefficient (Wildman–Crippen LogP) is 5.00. The summed E-state index contributed by atoms with van der Waals surface area (Å²) in [5.41, 5.74) is 3.91. The van der Waals surface area contributed by atoms with E-state index in [4.69, 9.17) is 4.74 Å². The molecule has 6 heteroatoms. The van der Waals surface area contributed by atoms with Crippen molar-refractivity contribution in [3.8, 4) is 5.75 Å². The Morgan fingerprint density at radius 3 is 2.42 bits per heavy atom. The lowest BCUT2D eigenvalue weighted by atomic mass is 10.1. The number of rotatable bonds is 9. The Hall–Kier alpha value is -2.89. The molecule has 1 fully saturated rings. The molecule has 0 unspecified atom stereocenters. The van der Waals surface area contributed by atoms with E-state index in [9.17, 15) is 14.0 Å². The van der Waals surface area contributed by atoms with Gasteiger partial charge in [0, 0.05) is 12.6 Å². The van der Waals surface area contributed by atoms with E-state index < -0.39 is 6.04 Å². The Labute approximate surface area is 196 Å². The third kappa shape index (κ3) is 6.56. The van der Waals surface area contributed by atoms with Crippen LogP contribution in [-0.2, 0) is 16.1 Å². The maximum absolute atomic E-state index is 13.4. The van der Waals surface area contributed by atoms with Crippen LogP contribution < -0.4 is 10.1 Å². The normalized spacial score (nSPS) is 14.7. The van der Waals surface area contributed by atoms with Crippen molar-refractivity contribution >= 4 is 11.8 Å². The fourth-order valence-electron chi connectivity index (χ4n) is 4.45. The van der Waals surface area contributed by atoms with E-state index in [1.165, 1.54) is 12.1 Å². The van der Waals surface area contributed by atoms with Crippen LogP contribution in [0.2, 0.25) is 0 Å². The summed E-state index contributed by atoms with van der Waals surface area (Å²) in [6.07, 6.45) is 4.66. The first-order chi connectivity index (χ1) is 15.8. The molecular weight excluding hydrogens is 419 g/mol. The molecule has 0 aliphatic heterocycles. The summed E-state index contributed by atoms with van der Waals surface area (Å²) in [6.45, 7) is 7.91. The van der Waals surface area contributed by atoms with Crippen molar-refractivity contribution < 1.29 is 18.7 Å². The van der Waals surface area contributed by atoms with E-state index in [1.54, 1.807) is 17.0 Å². The molecule has 0 bridgehead atoms.